The Balaban J connectivity index is 2.11. The molecule has 106 valence electrons. The number of aromatic nitrogens is 2. The molecular formula is C17H22N2O. The summed E-state index contributed by atoms with van der Waals surface area (Å²) in [5.41, 5.74) is 3.11. The molecule has 0 aliphatic heterocycles. The summed E-state index contributed by atoms with van der Waals surface area (Å²) in [5.74, 6) is 0.739. The largest absolute Gasteiger partial charge is 0.388 e. The SMILES string of the molecule is CCCCc1cnc(-c2ccc(C(O)CC)cc2)nc1. The van der Waals surface area contributed by atoms with E-state index in [0.29, 0.717) is 0 Å². The summed E-state index contributed by atoms with van der Waals surface area (Å²) in [7, 11) is 0. The lowest BCUT2D eigenvalue weighted by Crippen LogP contribution is -1.96. The van der Waals surface area contributed by atoms with Crippen LogP contribution in [0.5, 0.6) is 0 Å². The van der Waals surface area contributed by atoms with Crippen LogP contribution in [0.25, 0.3) is 11.4 Å². The van der Waals surface area contributed by atoms with Gasteiger partial charge in [0.15, 0.2) is 5.82 Å². The van der Waals surface area contributed by atoms with Crippen molar-refractivity contribution in [3.05, 3.63) is 47.8 Å². The molecule has 2 aromatic rings. The fourth-order valence-corrected chi connectivity index (χ4v) is 2.10. The molecule has 0 saturated heterocycles. The van der Waals surface area contributed by atoms with Crippen LogP contribution < -0.4 is 0 Å². The first-order valence-electron chi connectivity index (χ1n) is 7.34. The standard InChI is InChI=1S/C17H22N2O/c1-3-5-6-13-11-18-17(19-12-13)15-9-7-14(8-10-15)16(20)4-2/h7-12,16,20H,3-6H2,1-2H3. The van der Waals surface area contributed by atoms with Crippen LogP contribution in [-0.2, 0) is 6.42 Å². The number of nitrogens with zero attached hydrogens (tertiary/aromatic N) is 2. The topological polar surface area (TPSA) is 46.0 Å². The number of aryl methyl sites for hydroxylation is 1. The second-order valence-corrected chi connectivity index (χ2v) is 5.06. The molecule has 0 saturated carbocycles. The van der Waals surface area contributed by atoms with Gasteiger partial charge in [0, 0.05) is 18.0 Å². The number of aliphatic hydroxyl groups excluding tert-OH is 1. The first-order chi connectivity index (χ1) is 9.74. The zero-order valence-electron chi connectivity index (χ0n) is 12.2. The summed E-state index contributed by atoms with van der Waals surface area (Å²) in [6.07, 6.45) is 7.55. The van der Waals surface area contributed by atoms with Crippen molar-refractivity contribution >= 4 is 0 Å². The van der Waals surface area contributed by atoms with Gasteiger partial charge in [0.2, 0.25) is 0 Å². The minimum absolute atomic E-state index is 0.388. The number of benzene rings is 1. The van der Waals surface area contributed by atoms with E-state index in [1.165, 1.54) is 18.4 Å². The molecule has 1 atom stereocenters. The Kier molecular flexibility index (Phi) is 5.24. The molecule has 0 aliphatic carbocycles. The zero-order valence-corrected chi connectivity index (χ0v) is 12.2. The highest BCUT2D eigenvalue weighted by atomic mass is 16.3. The van der Waals surface area contributed by atoms with Gasteiger partial charge in [-0.1, -0.05) is 44.5 Å². The van der Waals surface area contributed by atoms with Gasteiger partial charge in [0.25, 0.3) is 0 Å². The smallest absolute Gasteiger partial charge is 0.159 e. The molecule has 1 aromatic heterocycles. The second kappa shape index (κ2) is 7.15. The fourth-order valence-electron chi connectivity index (χ4n) is 2.10. The Morgan fingerprint density at radius 1 is 1.05 bits per heavy atom. The normalized spacial score (nSPS) is 12.3. The molecule has 0 bridgehead atoms. The summed E-state index contributed by atoms with van der Waals surface area (Å²) in [6, 6.07) is 7.82. The number of aliphatic hydroxyl groups is 1. The molecule has 20 heavy (non-hydrogen) atoms. The Morgan fingerprint density at radius 2 is 1.70 bits per heavy atom. The first-order valence-corrected chi connectivity index (χ1v) is 7.34. The summed E-state index contributed by atoms with van der Waals surface area (Å²) in [4.78, 5) is 8.85. The molecule has 0 aliphatic rings. The molecule has 1 heterocycles. The van der Waals surface area contributed by atoms with Gasteiger partial charge in [-0.2, -0.15) is 0 Å². The van der Waals surface area contributed by atoms with Crippen LogP contribution in [0, 0.1) is 0 Å². The molecule has 3 heteroatoms. The predicted molar refractivity (Wildman–Crippen MR) is 81.3 cm³/mol. The van der Waals surface area contributed by atoms with E-state index in [1.54, 1.807) is 0 Å². The summed E-state index contributed by atoms with van der Waals surface area (Å²) in [6.45, 7) is 4.15. The second-order valence-electron chi connectivity index (χ2n) is 5.06. The van der Waals surface area contributed by atoms with Gasteiger partial charge >= 0.3 is 0 Å². The molecule has 1 unspecified atom stereocenters. The third kappa shape index (κ3) is 3.64. The fraction of sp³-hybridized carbons (Fsp3) is 0.412. The Bertz CT molecular complexity index is 520. The van der Waals surface area contributed by atoms with Gasteiger partial charge in [-0.3, -0.25) is 0 Å². The van der Waals surface area contributed by atoms with Crippen LogP contribution in [0.1, 0.15) is 50.3 Å². The molecular weight excluding hydrogens is 248 g/mol. The minimum Gasteiger partial charge on any atom is -0.388 e. The lowest BCUT2D eigenvalue weighted by Gasteiger charge is -2.08. The van der Waals surface area contributed by atoms with Gasteiger partial charge in [-0.15, -0.1) is 0 Å². The van der Waals surface area contributed by atoms with E-state index >= 15 is 0 Å². The van der Waals surface area contributed by atoms with E-state index in [4.69, 9.17) is 0 Å². The van der Waals surface area contributed by atoms with E-state index in [-0.39, 0.29) is 6.10 Å². The van der Waals surface area contributed by atoms with Gasteiger partial charge in [-0.05, 0) is 30.4 Å². The highest BCUT2D eigenvalue weighted by molar-refractivity contribution is 5.55. The Labute approximate surface area is 120 Å². The summed E-state index contributed by atoms with van der Waals surface area (Å²) in [5, 5.41) is 9.78. The van der Waals surface area contributed by atoms with Crippen LogP contribution in [0.2, 0.25) is 0 Å². The third-order valence-electron chi connectivity index (χ3n) is 3.46. The average Bonchev–Trinajstić information content (AvgIpc) is 2.53. The van der Waals surface area contributed by atoms with Crippen LogP contribution >= 0.6 is 0 Å². The number of rotatable bonds is 6. The maximum absolute atomic E-state index is 9.78. The number of hydrogen-bond donors (Lipinski definition) is 1. The van der Waals surface area contributed by atoms with Gasteiger partial charge in [0.05, 0.1) is 6.10 Å². The highest BCUT2D eigenvalue weighted by Gasteiger charge is 2.06. The van der Waals surface area contributed by atoms with Crippen molar-refractivity contribution < 1.29 is 5.11 Å². The molecule has 1 N–H and O–H groups in total. The van der Waals surface area contributed by atoms with Crippen LogP contribution in [0.4, 0.5) is 0 Å². The van der Waals surface area contributed by atoms with E-state index < -0.39 is 0 Å². The van der Waals surface area contributed by atoms with Crippen LogP contribution in [-0.4, -0.2) is 15.1 Å². The highest BCUT2D eigenvalue weighted by Crippen LogP contribution is 2.20. The van der Waals surface area contributed by atoms with Crippen molar-refractivity contribution in [2.45, 2.75) is 45.6 Å². The van der Waals surface area contributed by atoms with Crippen molar-refractivity contribution in [2.75, 3.05) is 0 Å². The molecule has 0 fully saturated rings. The quantitative estimate of drug-likeness (QED) is 0.865. The predicted octanol–water partition coefficient (Wildman–Crippen LogP) is 3.93. The van der Waals surface area contributed by atoms with Crippen LogP contribution in [0.15, 0.2) is 36.7 Å². The van der Waals surface area contributed by atoms with Crippen molar-refractivity contribution in [3.8, 4) is 11.4 Å². The molecule has 1 aromatic carbocycles. The maximum Gasteiger partial charge on any atom is 0.159 e. The van der Waals surface area contributed by atoms with Crippen molar-refractivity contribution in [1.29, 1.82) is 0 Å². The van der Waals surface area contributed by atoms with Gasteiger partial charge in [-0.25, -0.2) is 9.97 Å². The molecule has 0 amide bonds. The Morgan fingerprint density at radius 3 is 2.25 bits per heavy atom. The van der Waals surface area contributed by atoms with Crippen molar-refractivity contribution in [1.82, 2.24) is 9.97 Å². The average molecular weight is 270 g/mol. The zero-order chi connectivity index (χ0) is 14.4. The van der Waals surface area contributed by atoms with E-state index in [9.17, 15) is 5.11 Å². The van der Waals surface area contributed by atoms with E-state index in [1.807, 2.05) is 43.6 Å². The minimum atomic E-state index is -0.388. The number of unbranched alkanes of at least 4 members (excludes halogenated alkanes) is 1. The van der Waals surface area contributed by atoms with Crippen molar-refractivity contribution in [3.63, 3.8) is 0 Å². The van der Waals surface area contributed by atoms with Gasteiger partial charge < -0.3 is 5.11 Å². The molecule has 0 spiro atoms. The molecule has 2 rings (SSSR count). The Hall–Kier alpha value is -1.74. The lowest BCUT2D eigenvalue weighted by atomic mass is 10.0. The van der Waals surface area contributed by atoms with Crippen molar-refractivity contribution in [2.24, 2.45) is 0 Å². The first kappa shape index (κ1) is 14.7. The van der Waals surface area contributed by atoms with Gasteiger partial charge in [0.1, 0.15) is 0 Å². The lowest BCUT2D eigenvalue weighted by molar-refractivity contribution is 0.173. The molecule has 3 nitrogen and oxygen atoms in total. The monoisotopic (exact) mass is 270 g/mol. The van der Waals surface area contributed by atoms with E-state index in [2.05, 4.69) is 16.9 Å². The summed E-state index contributed by atoms with van der Waals surface area (Å²) >= 11 is 0. The molecule has 0 radical (unpaired) electrons. The maximum atomic E-state index is 9.78. The summed E-state index contributed by atoms with van der Waals surface area (Å²) < 4.78 is 0. The van der Waals surface area contributed by atoms with E-state index in [0.717, 1.165) is 29.8 Å². The van der Waals surface area contributed by atoms with Crippen LogP contribution in [0.3, 0.4) is 0 Å². The number of hydrogen-bond acceptors (Lipinski definition) is 3. The third-order valence-corrected chi connectivity index (χ3v) is 3.46.